The average molecular weight is 480 g/mol. The van der Waals surface area contributed by atoms with E-state index in [4.69, 9.17) is 11.6 Å². The van der Waals surface area contributed by atoms with Crippen LogP contribution in [0.1, 0.15) is 32.8 Å². The van der Waals surface area contributed by atoms with Crippen LogP contribution in [0.4, 0.5) is 0 Å². The van der Waals surface area contributed by atoms with Crippen molar-refractivity contribution in [1.29, 1.82) is 0 Å². The van der Waals surface area contributed by atoms with Crippen LogP contribution in [0.2, 0.25) is 5.02 Å². The summed E-state index contributed by atoms with van der Waals surface area (Å²) in [5.41, 5.74) is 0.840. The molecule has 0 unspecified atom stereocenters. The fraction of sp³-hybridized carbons (Fsp3) is 0.391. The highest BCUT2D eigenvalue weighted by Crippen LogP contribution is 2.18. The molecular weight excluding hydrogens is 450 g/mol. The lowest BCUT2D eigenvalue weighted by Crippen LogP contribution is -2.51. The molecule has 9 heteroatoms. The molecule has 7 nitrogen and oxygen atoms in total. The Labute approximate surface area is 195 Å². The molecule has 2 amide bonds. The predicted molar refractivity (Wildman–Crippen MR) is 126 cm³/mol. The second kappa shape index (κ2) is 11.4. The number of benzene rings is 2. The van der Waals surface area contributed by atoms with Gasteiger partial charge in [0.15, 0.2) is 0 Å². The molecule has 1 N–H and O–H groups in total. The number of halogens is 1. The Hall–Kier alpha value is -2.42. The molecule has 2 rings (SSSR count). The number of likely N-dealkylation sites (N-methyl/N-ethyl adjacent to an activating group) is 1. The standard InChI is InChI=1S/C23H30ClN3O4S/c1-5-17(2)25-23(29)18(3)27(15-19-9-7-6-8-10-19)22(28)16-26(4)32(30,31)21-13-11-20(24)12-14-21/h6-14,17-18H,5,15-16H2,1-4H3,(H,25,29)/t17-,18+/m0/s1. The number of carbonyl (C=O) groups excluding carboxylic acids is 2. The molecule has 0 fully saturated rings. The van der Waals surface area contributed by atoms with Gasteiger partial charge in [-0.05, 0) is 50.1 Å². The van der Waals surface area contributed by atoms with Crippen molar-refractivity contribution in [3.8, 4) is 0 Å². The smallest absolute Gasteiger partial charge is 0.243 e. The lowest BCUT2D eigenvalue weighted by molar-refractivity contribution is -0.140. The zero-order chi connectivity index (χ0) is 23.9. The van der Waals surface area contributed by atoms with Crippen molar-refractivity contribution in [2.24, 2.45) is 0 Å². The van der Waals surface area contributed by atoms with Crippen LogP contribution < -0.4 is 5.32 Å². The number of nitrogens with zero attached hydrogens (tertiary/aromatic N) is 2. The second-order valence-corrected chi connectivity index (χ2v) is 10.2. The van der Waals surface area contributed by atoms with Gasteiger partial charge in [-0.25, -0.2) is 8.42 Å². The van der Waals surface area contributed by atoms with Crippen LogP contribution >= 0.6 is 11.6 Å². The Morgan fingerprint density at radius 2 is 1.62 bits per heavy atom. The molecule has 2 aromatic carbocycles. The molecule has 2 atom stereocenters. The number of hydrogen-bond acceptors (Lipinski definition) is 4. The molecule has 0 saturated heterocycles. The van der Waals surface area contributed by atoms with Crippen LogP contribution in [0.3, 0.4) is 0 Å². The number of sulfonamides is 1. The van der Waals surface area contributed by atoms with Gasteiger partial charge in [-0.1, -0.05) is 48.9 Å². The highest BCUT2D eigenvalue weighted by Gasteiger charge is 2.30. The number of carbonyl (C=O) groups is 2. The van der Waals surface area contributed by atoms with Gasteiger partial charge in [0.05, 0.1) is 11.4 Å². The van der Waals surface area contributed by atoms with Gasteiger partial charge in [0.1, 0.15) is 6.04 Å². The van der Waals surface area contributed by atoms with Gasteiger partial charge >= 0.3 is 0 Å². The molecule has 0 aliphatic rings. The first-order valence-electron chi connectivity index (χ1n) is 10.4. The second-order valence-electron chi connectivity index (χ2n) is 7.72. The summed E-state index contributed by atoms with van der Waals surface area (Å²) >= 11 is 5.85. The van der Waals surface area contributed by atoms with E-state index in [1.165, 1.54) is 36.2 Å². The maximum absolute atomic E-state index is 13.2. The number of rotatable bonds is 10. The van der Waals surface area contributed by atoms with E-state index in [1.54, 1.807) is 6.92 Å². The summed E-state index contributed by atoms with van der Waals surface area (Å²) in [5, 5.41) is 3.30. The van der Waals surface area contributed by atoms with E-state index in [9.17, 15) is 18.0 Å². The Morgan fingerprint density at radius 3 is 2.19 bits per heavy atom. The summed E-state index contributed by atoms with van der Waals surface area (Å²) in [4.78, 5) is 27.4. The Morgan fingerprint density at radius 1 is 1.03 bits per heavy atom. The third-order valence-electron chi connectivity index (χ3n) is 5.24. The van der Waals surface area contributed by atoms with Crippen LogP contribution in [0.15, 0.2) is 59.5 Å². The van der Waals surface area contributed by atoms with Gasteiger partial charge in [-0.15, -0.1) is 0 Å². The van der Waals surface area contributed by atoms with Crippen LogP contribution in [-0.2, 0) is 26.2 Å². The van der Waals surface area contributed by atoms with Gasteiger partial charge in [0.2, 0.25) is 21.8 Å². The molecule has 0 spiro atoms. The molecule has 32 heavy (non-hydrogen) atoms. The fourth-order valence-corrected chi connectivity index (χ4v) is 4.23. The first kappa shape index (κ1) is 25.8. The number of hydrogen-bond donors (Lipinski definition) is 1. The summed E-state index contributed by atoms with van der Waals surface area (Å²) in [6.07, 6.45) is 0.757. The molecular formula is C23H30ClN3O4S. The monoisotopic (exact) mass is 479 g/mol. The predicted octanol–water partition coefficient (Wildman–Crippen LogP) is 3.29. The third kappa shape index (κ3) is 6.79. The van der Waals surface area contributed by atoms with E-state index in [0.717, 1.165) is 16.3 Å². The summed E-state index contributed by atoms with van der Waals surface area (Å²) in [5.74, 6) is -0.757. The van der Waals surface area contributed by atoms with Gasteiger partial charge in [-0.2, -0.15) is 4.31 Å². The van der Waals surface area contributed by atoms with E-state index in [0.29, 0.717) is 5.02 Å². The molecule has 174 valence electrons. The third-order valence-corrected chi connectivity index (χ3v) is 7.31. The molecule has 0 bridgehead atoms. The van der Waals surface area contributed by atoms with E-state index in [2.05, 4.69) is 5.32 Å². The van der Waals surface area contributed by atoms with Gasteiger partial charge < -0.3 is 10.2 Å². The lowest BCUT2D eigenvalue weighted by atomic mass is 10.1. The van der Waals surface area contributed by atoms with E-state index in [-0.39, 0.29) is 23.4 Å². The average Bonchev–Trinajstić information content (AvgIpc) is 2.77. The van der Waals surface area contributed by atoms with E-state index in [1.807, 2.05) is 44.2 Å². The maximum atomic E-state index is 13.2. The zero-order valence-corrected chi connectivity index (χ0v) is 20.4. The highest BCUT2D eigenvalue weighted by atomic mass is 35.5. The summed E-state index contributed by atoms with van der Waals surface area (Å²) < 4.78 is 26.7. The maximum Gasteiger partial charge on any atom is 0.243 e. The number of amides is 2. The van der Waals surface area contributed by atoms with Gasteiger partial charge in [0.25, 0.3) is 0 Å². The van der Waals surface area contributed by atoms with Crippen LogP contribution in [0.5, 0.6) is 0 Å². The molecule has 0 aliphatic carbocycles. The van der Waals surface area contributed by atoms with Crippen LogP contribution in [0, 0.1) is 0 Å². The summed E-state index contributed by atoms with van der Waals surface area (Å²) in [6.45, 7) is 5.27. The molecule has 0 aromatic heterocycles. The molecule has 0 aliphatic heterocycles. The first-order valence-corrected chi connectivity index (χ1v) is 12.2. The minimum atomic E-state index is -3.90. The Bertz CT molecular complexity index is 1010. The first-order chi connectivity index (χ1) is 15.1. The lowest BCUT2D eigenvalue weighted by Gasteiger charge is -2.31. The van der Waals surface area contributed by atoms with Crippen molar-refractivity contribution < 1.29 is 18.0 Å². The van der Waals surface area contributed by atoms with Crippen molar-refractivity contribution in [2.45, 2.75) is 50.7 Å². The van der Waals surface area contributed by atoms with Gasteiger partial charge in [0, 0.05) is 24.7 Å². The molecule has 0 heterocycles. The van der Waals surface area contributed by atoms with Crippen molar-refractivity contribution in [3.63, 3.8) is 0 Å². The molecule has 0 saturated carbocycles. The van der Waals surface area contributed by atoms with Crippen LogP contribution in [-0.4, -0.2) is 55.1 Å². The molecule has 2 aromatic rings. The van der Waals surface area contributed by atoms with Gasteiger partial charge in [-0.3, -0.25) is 9.59 Å². The SMILES string of the molecule is CC[C@H](C)NC(=O)[C@@H](C)N(Cc1ccccc1)C(=O)CN(C)S(=O)(=O)c1ccc(Cl)cc1. The highest BCUT2D eigenvalue weighted by molar-refractivity contribution is 7.89. The summed E-state index contributed by atoms with van der Waals surface area (Å²) in [6, 6.07) is 14.2. The number of nitrogens with one attached hydrogen (secondary N) is 1. The fourth-order valence-electron chi connectivity index (χ4n) is 2.98. The summed E-state index contributed by atoms with van der Waals surface area (Å²) in [7, 11) is -2.56. The van der Waals surface area contributed by atoms with Crippen LogP contribution in [0.25, 0.3) is 0 Å². The Kier molecular flexibility index (Phi) is 9.24. The zero-order valence-electron chi connectivity index (χ0n) is 18.8. The minimum Gasteiger partial charge on any atom is -0.352 e. The Balaban J connectivity index is 2.24. The largest absolute Gasteiger partial charge is 0.352 e. The molecule has 0 radical (unpaired) electrons. The normalized spacial score (nSPS) is 13.4. The topological polar surface area (TPSA) is 86.8 Å². The van der Waals surface area contributed by atoms with E-state index >= 15 is 0 Å². The van der Waals surface area contributed by atoms with Crippen molar-refractivity contribution in [1.82, 2.24) is 14.5 Å². The quantitative estimate of drug-likeness (QED) is 0.566. The van der Waals surface area contributed by atoms with Crippen molar-refractivity contribution >= 4 is 33.4 Å². The van der Waals surface area contributed by atoms with Crippen molar-refractivity contribution in [2.75, 3.05) is 13.6 Å². The minimum absolute atomic E-state index is 0.0356. The van der Waals surface area contributed by atoms with Crippen molar-refractivity contribution in [3.05, 3.63) is 65.2 Å². The van der Waals surface area contributed by atoms with E-state index < -0.39 is 28.5 Å².